The maximum absolute atomic E-state index is 10.7. The molecule has 0 spiro atoms. The zero-order chi connectivity index (χ0) is 14.5. The second kappa shape index (κ2) is 6.03. The molecule has 0 saturated carbocycles. The third-order valence-electron chi connectivity index (χ3n) is 2.89. The topological polar surface area (TPSA) is 101 Å². The van der Waals surface area contributed by atoms with E-state index in [1.165, 1.54) is 12.1 Å². The van der Waals surface area contributed by atoms with Gasteiger partial charge in [-0.2, -0.15) is 0 Å². The first-order chi connectivity index (χ1) is 9.63. The molecule has 2 aromatic rings. The Balaban J connectivity index is 2.43. The number of anilines is 2. The Kier molecular flexibility index (Phi) is 4.17. The van der Waals surface area contributed by atoms with Crippen LogP contribution in [0.15, 0.2) is 42.5 Å². The first-order valence-electron chi connectivity index (χ1n) is 6.11. The smallest absolute Gasteiger partial charge is 0.271 e. The maximum atomic E-state index is 10.7. The highest BCUT2D eigenvalue weighted by molar-refractivity contribution is 5.86. The number of non-ortho nitro benzene ring substituents is 1. The van der Waals surface area contributed by atoms with Gasteiger partial charge in [0.2, 0.25) is 0 Å². The van der Waals surface area contributed by atoms with Gasteiger partial charge in [-0.3, -0.25) is 10.1 Å². The van der Waals surface area contributed by atoms with E-state index < -0.39 is 4.92 Å². The van der Waals surface area contributed by atoms with Gasteiger partial charge in [0.1, 0.15) is 0 Å². The Morgan fingerprint density at radius 3 is 2.60 bits per heavy atom. The minimum absolute atomic E-state index is 0.0179. The molecule has 0 unspecified atom stereocenters. The third kappa shape index (κ3) is 2.86. The van der Waals surface area contributed by atoms with E-state index in [9.17, 15) is 10.1 Å². The average molecular weight is 273 g/mol. The van der Waals surface area contributed by atoms with Crippen LogP contribution in [0.4, 0.5) is 17.1 Å². The van der Waals surface area contributed by atoms with Crippen LogP contribution < -0.4 is 11.1 Å². The molecule has 0 radical (unpaired) electrons. The van der Waals surface area contributed by atoms with Gasteiger partial charge in [0, 0.05) is 41.2 Å². The summed E-state index contributed by atoms with van der Waals surface area (Å²) in [7, 11) is 0. The molecule has 0 aromatic heterocycles. The molecule has 20 heavy (non-hydrogen) atoms. The summed E-state index contributed by atoms with van der Waals surface area (Å²) in [6, 6.07) is 11.9. The van der Waals surface area contributed by atoms with Crippen molar-refractivity contribution in [1.82, 2.24) is 0 Å². The standard InChI is InChI=1S/C14H15N3O3/c15-13-9-10(17(19)20)5-6-11(13)12-3-1-2-4-14(12)16-7-8-18/h1-6,9,16,18H,7-8,15H2. The number of benzene rings is 2. The number of aliphatic hydroxyl groups is 1. The lowest BCUT2D eigenvalue weighted by atomic mass is 10.0. The number of hydrogen-bond acceptors (Lipinski definition) is 5. The summed E-state index contributed by atoms with van der Waals surface area (Å²) in [6.07, 6.45) is 0. The van der Waals surface area contributed by atoms with Crippen molar-refractivity contribution in [1.29, 1.82) is 0 Å². The van der Waals surface area contributed by atoms with E-state index in [0.717, 1.165) is 16.8 Å². The SMILES string of the molecule is Nc1cc([N+](=O)[O-])ccc1-c1ccccc1NCCO. The predicted molar refractivity (Wildman–Crippen MR) is 78.5 cm³/mol. The van der Waals surface area contributed by atoms with Gasteiger partial charge < -0.3 is 16.2 Å². The van der Waals surface area contributed by atoms with Gasteiger partial charge in [-0.15, -0.1) is 0 Å². The molecule has 0 atom stereocenters. The molecule has 2 aromatic carbocycles. The Bertz CT molecular complexity index is 629. The quantitative estimate of drug-likeness (QED) is 0.440. The highest BCUT2D eigenvalue weighted by Crippen LogP contribution is 2.34. The number of rotatable bonds is 5. The van der Waals surface area contributed by atoms with Gasteiger partial charge in [0.05, 0.1) is 11.5 Å². The first-order valence-corrected chi connectivity index (χ1v) is 6.11. The predicted octanol–water partition coefficient (Wildman–Crippen LogP) is 2.25. The van der Waals surface area contributed by atoms with E-state index in [1.807, 2.05) is 24.3 Å². The lowest BCUT2D eigenvalue weighted by Crippen LogP contribution is -2.06. The van der Waals surface area contributed by atoms with Crippen LogP contribution in [0, 0.1) is 10.1 Å². The normalized spacial score (nSPS) is 10.2. The summed E-state index contributed by atoms with van der Waals surface area (Å²) >= 11 is 0. The number of nitro groups is 1. The second-order valence-electron chi connectivity index (χ2n) is 4.22. The maximum Gasteiger partial charge on any atom is 0.271 e. The van der Waals surface area contributed by atoms with Gasteiger partial charge >= 0.3 is 0 Å². The largest absolute Gasteiger partial charge is 0.398 e. The van der Waals surface area contributed by atoms with Crippen LogP contribution >= 0.6 is 0 Å². The van der Waals surface area contributed by atoms with Crippen LogP contribution in [-0.2, 0) is 0 Å². The van der Waals surface area contributed by atoms with Crippen molar-refractivity contribution >= 4 is 17.1 Å². The van der Waals surface area contributed by atoms with Gasteiger partial charge in [-0.05, 0) is 12.1 Å². The van der Waals surface area contributed by atoms with Crippen LogP contribution in [0.1, 0.15) is 0 Å². The number of nitrogens with zero attached hydrogens (tertiary/aromatic N) is 1. The fraction of sp³-hybridized carbons (Fsp3) is 0.143. The molecular formula is C14H15N3O3. The summed E-state index contributed by atoms with van der Waals surface area (Å²) in [6.45, 7) is 0.438. The number of nitro benzene ring substituents is 1. The fourth-order valence-corrected chi connectivity index (χ4v) is 1.97. The molecule has 6 nitrogen and oxygen atoms in total. The number of nitrogens with one attached hydrogen (secondary N) is 1. The molecule has 0 heterocycles. The minimum Gasteiger partial charge on any atom is -0.398 e. The molecule has 2 rings (SSSR count). The number of aliphatic hydroxyl groups excluding tert-OH is 1. The van der Waals surface area contributed by atoms with Crippen molar-refractivity contribution in [2.45, 2.75) is 0 Å². The van der Waals surface area contributed by atoms with Crippen molar-refractivity contribution < 1.29 is 10.0 Å². The van der Waals surface area contributed by atoms with E-state index in [4.69, 9.17) is 10.8 Å². The average Bonchev–Trinajstić information content (AvgIpc) is 2.45. The molecule has 0 bridgehead atoms. The van der Waals surface area contributed by atoms with Crippen LogP contribution in [0.25, 0.3) is 11.1 Å². The van der Waals surface area contributed by atoms with Crippen molar-refractivity contribution in [3.8, 4) is 11.1 Å². The van der Waals surface area contributed by atoms with E-state index in [0.29, 0.717) is 12.2 Å². The number of nitrogen functional groups attached to an aromatic ring is 1. The Labute approximate surface area is 116 Å². The van der Waals surface area contributed by atoms with E-state index in [2.05, 4.69) is 5.32 Å². The molecule has 0 saturated heterocycles. The van der Waals surface area contributed by atoms with Crippen molar-refractivity contribution in [2.24, 2.45) is 0 Å². The van der Waals surface area contributed by atoms with Gasteiger partial charge in [0.15, 0.2) is 0 Å². The molecule has 0 aliphatic heterocycles. The summed E-state index contributed by atoms with van der Waals surface area (Å²) in [5.41, 5.74) is 8.60. The van der Waals surface area contributed by atoms with Crippen LogP contribution in [-0.4, -0.2) is 23.2 Å². The fourth-order valence-electron chi connectivity index (χ4n) is 1.97. The summed E-state index contributed by atoms with van der Waals surface area (Å²) < 4.78 is 0. The van der Waals surface area contributed by atoms with Crippen LogP contribution in [0.5, 0.6) is 0 Å². The number of nitrogens with two attached hydrogens (primary N) is 1. The Morgan fingerprint density at radius 2 is 1.95 bits per heavy atom. The summed E-state index contributed by atoms with van der Waals surface area (Å²) in [5.74, 6) is 0. The Morgan fingerprint density at radius 1 is 1.20 bits per heavy atom. The monoisotopic (exact) mass is 273 g/mol. The van der Waals surface area contributed by atoms with Gasteiger partial charge in [-0.1, -0.05) is 18.2 Å². The third-order valence-corrected chi connectivity index (χ3v) is 2.89. The lowest BCUT2D eigenvalue weighted by Gasteiger charge is -2.13. The molecule has 6 heteroatoms. The van der Waals surface area contributed by atoms with Crippen LogP contribution in [0.2, 0.25) is 0 Å². The molecule has 104 valence electrons. The minimum atomic E-state index is -0.476. The van der Waals surface area contributed by atoms with E-state index >= 15 is 0 Å². The zero-order valence-corrected chi connectivity index (χ0v) is 10.7. The number of hydrogen-bond donors (Lipinski definition) is 3. The highest BCUT2D eigenvalue weighted by atomic mass is 16.6. The van der Waals surface area contributed by atoms with Crippen molar-refractivity contribution in [3.05, 3.63) is 52.6 Å². The molecule has 0 aliphatic rings. The van der Waals surface area contributed by atoms with Crippen molar-refractivity contribution in [3.63, 3.8) is 0 Å². The van der Waals surface area contributed by atoms with Crippen LogP contribution in [0.3, 0.4) is 0 Å². The van der Waals surface area contributed by atoms with Gasteiger partial charge in [0.25, 0.3) is 5.69 Å². The Hall–Kier alpha value is -2.60. The second-order valence-corrected chi connectivity index (χ2v) is 4.22. The molecule has 0 fully saturated rings. The lowest BCUT2D eigenvalue weighted by molar-refractivity contribution is -0.384. The highest BCUT2D eigenvalue weighted by Gasteiger charge is 2.12. The van der Waals surface area contributed by atoms with E-state index in [1.54, 1.807) is 6.07 Å². The van der Waals surface area contributed by atoms with E-state index in [-0.39, 0.29) is 12.3 Å². The first kappa shape index (κ1) is 13.8. The number of para-hydroxylation sites is 1. The summed E-state index contributed by atoms with van der Waals surface area (Å²) in [4.78, 5) is 10.2. The van der Waals surface area contributed by atoms with Crippen molar-refractivity contribution in [2.75, 3.05) is 24.2 Å². The molecule has 0 amide bonds. The van der Waals surface area contributed by atoms with Gasteiger partial charge in [-0.25, -0.2) is 0 Å². The molecular weight excluding hydrogens is 258 g/mol. The summed E-state index contributed by atoms with van der Waals surface area (Å²) in [5, 5.41) is 22.7. The zero-order valence-electron chi connectivity index (χ0n) is 10.7. The molecule has 4 N–H and O–H groups in total. The molecule has 0 aliphatic carbocycles.